The first-order chi connectivity index (χ1) is 14.7. The number of hydrogen-bond donors (Lipinski definition) is 1. The molecule has 0 unspecified atom stereocenters. The van der Waals surface area contributed by atoms with E-state index in [0.29, 0.717) is 0 Å². The van der Waals surface area contributed by atoms with Crippen molar-refractivity contribution in [3.8, 4) is 0 Å². The largest absolute Gasteiger partial charge is 0.377 e. The van der Waals surface area contributed by atoms with Crippen LogP contribution in [0, 0.1) is 20.2 Å². The molecule has 10 heteroatoms. The van der Waals surface area contributed by atoms with Crippen LogP contribution in [-0.2, 0) is 0 Å². The molecule has 0 aliphatic rings. The highest BCUT2D eigenvalue weighted by molar-refractivity contribution is 6.09. The van der Waals surface area contributed by atoms with Crippen molar-refractivity contribution in [2.45, 2.75) is 0 Å². The zero-order valence-corrected chi connectivity index (χ0v) is 17.6. The number of benzene rings is 3. The number of nitrogens with zero attached hydrogens (tertiary/aromatic N) is 5. The zero-order chi connectivity index (χ0) is 22.7. The van der Waals surface area contributed by atoms with E-state index in [1.165, 1.54) is 12.1 Å². The zero-order valence-electron chi connectivity index (χ0n) is 17.6. The molecular formula is C21H22N6O4. The molecule has 0 radical (unpaired) electrons. The highest BCUT2D eigenvalue weighted by Gasteiger charge is 2.19. The van der Waals surface area contributed by atoms with E-state index in [4.69, 9.17) is 0 Å². The molecule has 0 aliphatic heterocycles. The van der Waals surface area contributed by atoms with Crippen molar-refractivity contribution in [3.05, 3.63) is 74.3 Å². The molecule has 0 heterocycles. The Kier molecular flexibility index (Phi) is 6.00. The molecule has 160 valence electrons. The lowest BCUT2D eigenvalue weighted by molar-refractivity contribution is -0.393. The molecule has 0 aromatic heterocycles. The van der Waals surface area contributed by atoms with Gasteiger partial charge in [-0.15, -0.1) is 0 Å². The van der Waals surface area contributed by atoms with Crippen LogP contribution in [-0.4, -0.2) is 44.3 Å². The fourth-order valence-electron chi connectivity index (χ4n) is 3.37. The Morgan fingerprint density at radius 3 is 2.29 bits per heavy atom. The second kappa shape index (κ2) is 8.66. The molecule has 3 rings (SSSR count). The molecule has 0 aliphatic carbocycles. The minimum atomic E-state index is -0.685. The molecule has 0 bridgehead atoms. The first-order valence-electron chi connectivity index (χ1n) is 9.33. The average Bonchev–Trinajstić information content (AvgIpc) is 2.72. The summed E-state index contributed by atoms with van der Waals surface area (Å²) in [5.74, 6) is 0. The minimum absolute atomic E-state index is 0.0630. The summed E-state index contributed by atoms with van der Waals surface area (Å²) in [6, 6.07) is 13.4. The van der Waals surface area contributed by atoms with Gasteiger partial charge >= 0.3 is 5.69 Å². The van der Waals surface area contributed by atoms with Crippen molar-refractivity contribution in [1.82, 2.24) is 0 Å². The maximum atomic E-state index is 11.3. The molecule has 3 aromatic carbocycles. The van der Waals surface area contributed by atoms with Gasteiger partial charge in [0.25, 0.3) is 5.69 Å². The van der Waals surface area contributed by atoms with E-state index in [1.807, 2.05) is 68.3 Å². The average molecular weight is 422 g/mol. The predicted octanol–water partition coefficient (Wildman–Crippen LogP) is 4.23. The van der Waals surface area contributed by atoms with Gasteiger partial charge in [0.05, 0.1) is 27.8 Å². The Balaban J connectivity index is 2.03. The SMILES string of the molecule is CN(C)c1cccc2ccc(/C=N/Nc3ccc([N+](=O)[O-])cc3[N+](=O)[O-])c(N(C)C)c12. The molecule has 0 saturated heterocycles. The fourth-order valence-corrected chi connectivity index (χ4v) is 3.37. The van der Waals surface area contributed by atoms with E-state index >= 15 is 0 Å². The van der Waals surface area contributed by atoms with Crippen molar-refractivity contribution in [3.63, 3.8) is 0 Å². The van der Waals surface area contributed by atoms with Crippen LogP contribution in [0.5, 0.6) is 0 Å². The lowest BCUT2D eigenvalue weighted by Gasteiger charge is -2.23. The van der Waals surface area contributed by atoms with Gasteiger partial charge in [0.15, 0.2) is 0 Å². The third-order valence-electron chi connectivity index (χ3n) is 4.73. The van der Waals surface area contributed by atoms with Crippen molar-refractivity contribution in [1.29, 1.82) is 0 Å². The molecule has 0 spiro atoms. The van der Waals surface area contributed by atoms with Gasteiger partial charge in [-0.1, -0.05) is 24.3 Å². The predicted molar refractivity (Wildman–Crippen MR) is 124 cm³/mol. The van der Waals surface area contributed by atoms with E-state index < -0.39 is 15.5 Å². The van der Waals surface area contributed by atoms with Gasteiger partial charge in [0.1, 0.15) is 5.69 Å². The summed E-state index contributed by atoms with van der Waals surface area (Å²) in [7, 11) is 7.83. The molecule has 3 aromatic rings. The first kappa shape index (κ1) is 21.5. The summed E-state index contributed by atoms with van der Waals surface area (Å²) in [5, 5.41) is 28.5. The lowest BCUT2D eigenvalue weighted by atomic mass is 10.0. The monoisotopic (exact) mass is 422 g/mol. The number of nitro benzene ring substituents is 2. The first-order valence-corrected chi connectivity index (χ1v) is 9.33. The van der Waals surface area contributed by atoms with Crippen molar-refractivity contribution >= 4 is 45.4 Å². The van der Waals surface area contributed by atoms with Gasteiger partial charge < -0.3 is 9.80 Å². The summed E-state index contributed by atoms with van der Waals surface area (Å²) in [4.78, 5) is 24.9. The van der Waals surface area contributed by atoms with Crippen LogP contribution in [0.1, 0.15) is 5.56 Å². The third kappa shape index (κ3) is 4.37. The van der Waals surface area contributed by atoms with Crippen molar-refractivity contribution in [2.75, 3.05) is 43.4 Å². The van der Waals surface area contributed by atoms with Crippen LogP contribution in [0.4, 0.5) is 28.4 Å². The van der Waals surface area contributed by atoms with Crippen LogP contribution in [0.15, 0.2) is 53.6 Å². The number of hydrazone groups is 1. The molecule has 0 amide bonds. The van der Waals surface area contributed by atoms with Gasteiger partial charge in [-0.3, -0.25) is 25.7 Å². The number of rotatable bonds is 7. The van der Waals surface area contributed by atoms with E-state index in [1.54, 1.807) is 6.21 Å². The number of hydrogen-bond acceptors (Lipinski definition) is 8. The maximum Gasteiger partial charge on any atom is 0.301 e. The van der Waals surface area contributed by atoms with E-state index in [-0.39, 0.29) is 11.4 Å². The summed E-state index contributed by atoms with van der Waals surface area (Å²) in [5.41, 5.74) is 4.73. The Hall–Kier alpha value is -4.21. The Morgan fingerprint density at radius 1 is 0.935 bits per heavy atom. The van der Waals surface area contributed by atoms with Gasteiger partial charge in [-0.2, -0.15) is 5.10 Å². The Morgan fingerprint density at radius 2 is 1.68 bits per heavy atom. The minimum Gasteiger partial charge on any atom is -0.377 e. The number of anilines is 3. The quantitative estimate of drug-likeness (QED) is 0.344. The second-order valence-corrected chi connectivity index (χ2v) is 7.25. The normalized spacial score (nSPS) is 11.0. The fraction of sp³-hybridized carbons (Fsp3) is 0.190. The van der Waals surface area contributed by atoms with Gasteiger partial charge in [-0.05, 0) is 17.5 Å². The van der Waals surface area contributed by atoms with Crippen LogP contribution in [0.25, 0.3) is 10.8 Å². The summed E-state index contributed by atoms with van der Waals surface area (Å²) in [6.07, 6.45) is 1.58. The molecule has 31 heavy (non-hydrogen) atoms. The highest BCUT2D eigenvalue weighted by Crippen LogP contribution is 2.36. The van der Waals surface area contributed by atoms with Crippen LogP contribution < -0.4 is 15.2 Å². The number of nitrogens with one attached hydrogen (secondary N) is 1. The smallest absolute Gasteiger partial charge is 0.301 e. The van der Waals surface area contributed by atoms with Crippen LogP contribution >= 0.6 is 0 Å². The molecule has 0 saturated carbocycles. The number of fused-ring (bicyclic) bond motifs is 1. The van der Waals surface area contributed by atoms with Crippen LogP contribution in [0.3, 0.4) is 0 Å². The van der Waals surface area contributed by atoms with Gasteiger partial charge in [0.2, 0.25) is 0 Å². The van der Waals surface area contributed by atoms with E-state index in [0.717, 1.165) is 33.8 Å². The Labute approximate surface area is 178 Å². The highest BCUT2D eigenvalue weighted by atomic mass is 16.6. The van der Waals surface area contributed by atoms with E-state index in [2.05, 4.69) is 10.5 Å². The number of nitro groups is 2. The molecule has 0 atom stereocenters. The molecule has 10 nitrogen and oxygen atoms in total. The van der Waals surface area contributed by atoms with Gasteiger partial charge in [-0.25, -0.2) is 0 Å². The second-order valence-electron chi connectivity index (χ2n) is 7.25. The third-order valence-corrected chi connectivity index (χ3v) is 4.73. The van der Waals surface area contributed by atoms with E-state index in [9.17, 15) is 20.2 Å². The maximum absolute atomic E-state index is 11.3. The topological polar surface area (TPSA) is 117 Å². The van der Waals surface area contributed by atoms with Gasteiger partial charge in [0, 0.05) is 50.9 Å². The molecule has 1 N–H and O–H groups in total. The standard InChI is InChI=1S/C21H22N6O4/c1-24(2)18-7-5-6-14-8-9-15(21(20(14)18)25(3)4)13-22-23-17-11-10-16(26(28)29)12-19(17)27(30)31/h5-13,23H,1-4H3/b22-13+. The Bertz CT molecular complexity index is 1190. The van der Waals surface area contributed by atoms with Crippen molar-refractivity contribution < 1.29 is 9.85 Å². The molecule has 0 fully saturated rings. The number of non-ortho nitro benzene ring substituents is 1. The van der Waals surface area contributed by atoms with Crippen LogP contribution in [0.2, 0.25) is 0 Å². The lowest BCUT2D eigenvalue weighted by Crippen LogP contribution is -2.15. The van der Waals surface area contributed by atoms with Crippen molar-refractivity contribution in [2.24, 2.45) is 5.10 Å². The summed E-state index contributed by atoms with van der Waals surface area (Å²) >= 11 is 0. The summed E-state index contributed by atoms with van der Waals surface area (Å²) < 4.78 is 0. The molecular weight excluding hydrogens is 400 g/mol. The summed E-state index contributed by atoms with van der Waals surface area (Å²) in [6.45, 7) is 0.